The Bertz CT molecular complexity index is 1770. The largest absolute Gasteiger partial charge is 0.376 e. The van der Waals surface area contributed by atoms with Crippen molar-refractivity contribution >= 4 is 28.3 Å². The molecule has 3 aromatic heterocycles. The summed E-state index contributed by atoms with van der Waals surface area (Å²) in [5.74, 6) is -0.744. The molecular weight excluding hydrogens is 476 g/mol. The number of carbonyl (C=O) groups excluding carboxylic acids is 1. The third-order valence-corrected chi connectivity index (χ3v) is 6.58. The van der Waals surface area contributed by atoms with E-state index >= 15 is 0 Å². The number of nitriles is 1. The van der Waals surface area contributed by atoms with Gasteiger partial charge in [0.15, 0.2) is 5.49 Å². The van der Waals surface area contributed by atoms with Gasteiger partial charge in [-0.3, -0.25) is 24.1 Å². The summed E-state index contributed by atoms with van der Waals surface area (Å²) in [5.41, 5.74) is 1.18. The number of carbonyl (C=O) groups is 1. The maximum atomic E-state index is 13.4. The topological polar surface area (TPSA) is 145 Å². The van der Waals surface area contributed by atoms with Crippen LogP contribution in [0.4, 0.5) is 5.69 Å². The van der Waals surface area contributed by atoms with Gasteiger partial charge in [0.05, 0.1) is 34.1 Å². The van der Waals surface area contributed by atoms with Gasteiger partial charge in [0.25, 0.3) is 17.2 Å². The van der Waals surface area contributed by atoms with Crippen molar-refractivity contribution in [1.29, 1.82) is 5.26 Å². The summed E-state index contributed by atoms with van der Waals surface area (Å²) in [6.07, 6.45) is 3.01. The van der Waals surface area contributed by atoms with E-state index in [1.54, 1.807) is 16.8 Å². The average Bonchev–Trinajstić information content (AvgIpc) is 3.39. The number of nitro groups is 1. The molecule has 0 spiro atoms. The normalized spacial score (nSPS) is 15.8. The van der Waals surface area contributed by atoms with Crippen molar-refractivity contribution in [2.45, 2.75) is 39.3 Å². The summed E-state index contributed by atoms with van der Waals surface area (Å²) in [4.78, 5) is 46.5. The molecule has 5 rings (SSSR count). The lowest BCUT2D eigenvalue weighted by Gasteiger charge is -2.17. The van der Waals surface area contributed by atoms with Crippen molar-refractivity contribution in [3.05, 3.63) is 90.8 Å². The first kappa shape index (κ1) is 24.0. The Hall–Kier alpha value is -4.69. The smallest absolute Gasteiger partial charge is 0.279 e. The fourth-order valence-electron chi connectivity index (χ4n) is 4.66. The van der Waals surface area contributed by atoms with Gasteiger partial charge in [-0.05, 0) is 50.5 Å². The molecule has 1 aromatic carbocycles. The molecule has 37 heavy (non-hydrogen) atoms. The van der Waals surface area contributed by atoms with E-state index in [0.29, 0.717) is 12.3 Å². The molecule has 0 saturated carbocycles. The number of ether oxygens (including phenoxy) is 1. The van der Waals surface area contributed by atoms with Crippen LogP contribution < -0.4 is 11.0 Å². The lowest BCUT2D eigenvalue weighted by atomic mass is 10.1. The highest BCUT2D eigenvalue weighted by Crippen LogP contribution is 2.22. The third-order valence-electron chi connectivity index (χ3n) is 6.58. The number of aryl methyl sites for hydroxylation is 1. The fourth-order valence-corrected chi connectivity index (χ4v) is 4.66. The maximum Gasteiger partial charge on any atom is 0.279 e. The lowest BCUT2D eigenvalue weighted by Crippen LogP contribution is -2.33. The van der Waals surface area contributed by atoms with Gasteiger partial charge in [-0.15, -0.1) is 0 Å². The number of nitrogens with zero attached hydrogens (tertiary/aromatic N) is 6. The first-order chi connectivity index (χ1) is 17.8. The Morgan fingerprint density at radius 1 is 1.30 bits per heavy atom. The van der Waals surface area contributed by atoms with Crippen LogP contribution in [0.3, 0.4) is 0 Å². The molecule has 0 radical (unpaired) electrons. The van der Waals surface area contributed by atoms with Gasteiger partial charge < -0.3 is 9.30 Å². The summed E-state index contributed by atoms with van der Waals surface area (Å²) >= 11 is 0. The van der Waals surface area contributed by atoms with E-state index in [4.69, 9.17) is 9.72 Å². The van der Waals surface area contributed by atoms with E-state index in [2.05, 4.69) is 4.99 Å². The standard InChI is InChI=1S/C26H22N6O5/c1-15-6-4-10-30-22(15)28-24-20(26(30)34)12-17(13-27)23(31(24)14-18-7-5-11-37-18)29-25(33)19-8-3-9-21(16(19)2)32(35)36/h3-4,6,8-10,12,18H,5,7,11,14H2,1-2H3. The summed E-state index contributed by atoms with van der Waals surface area (Å²) in [5, 5.41) is 21.6. The number of rotatable bonds is 4. The zero-order chi connectivity index (χ0) is 26.3. The molecule has 1 unspecified atom stereocenters. The van der Waals surface area contributed by atoms with Gasteiger partial charge in [0, 0.05) is 24.4 Å². The van der Waals surface area contributed by atoms with Crippen LogP contribution in [-0.4, -0.2) is 37.5 Å². The highest BCUT2D eigenvalue weighted by Gasteiger charge is 2.23. The second kappa shape index (κ2) is 9.40. The zero-order valence-electron chi connectivity index (χ0n) is 20.2. The van der Waals surface area contributed by atoms with E-state index in [9.17, 15) is 25.0 Å². The number of aromatic nitrogens is 3. The molecule has 0 bridgehead atoms. The van der Waals surface area contributed by atoms with Crippen LogP contribution in [-0.2, 0) is 11.3 Å². The van der Waals surface area contributed by atoms with Crippen LogP contribution in [0.25, 0.3) is 16.7 Å². The molecular formula is C26H22N6O5. The van der Waals surface area contributed by atoms with E-state index < -0.39 is 10.8 Å². The molecule has 1 atom stereocenters. The number of pyridine rings is 2. The summed E-state index contributed by atoms with van der Waals surface area (Å²) in [6.45, 7) is 4.12. The van der Waals surface area contributed by atoms with Crippen molar-refractivity contribution in [2.24, 2.45) is 4.99 Å². The maximum absolute atomic E-state index is 13.4. The number of hydrogen-bond acceptors (Lipinski definition) is 7. The first-order valence-corrected chi connectivity index (χ1v) is 11.7. The Balaban J connectivity index is 1.84. The van der Waals surface area contributed by atoms with Crippen LogP contribution >= 0.6 is 0 Å². The predicted octanol–water partition coefficient (Wildman–Crippen LogP) is 2.97. The van der Waals surface area contributed by atoms with Crippen LogP contribution in [0.2, 0.25) is 0 Å². The van der Waals surface area contributed by atoms with Gasteiger partial charge in [-0.1, -0.05) is 12.1 Å². The average molecular weight is 498 g/mol. The number of fused-ring (bicyclic) bond motifs is 2. The minimum absolute atomic E-state index is 0.00781. The van der Waals surface area contributed by atoms with Crippen LogP contribution in [0.5, 0.6) is 0 Å². The molecule has 4 aromatic rings. The molecule has 0 N–H and O–H groups in total. The molecule has 1 fully saturated rings. The Morgan fingerprint density at radius 3 is 2.81 bits per heavy atom. The van der Waals surface area contributed by atoms with Gasteiger partial charge in [-0.2, -0.15) is 10.3 Å². The van der Waals surface area contributed by atoms with E-state index in [-0.39, 0.29) is 57.1 Å². The van der Waals surface area contributed by atoms with Crippen LogP contribution in [0.15, 0.2) is 52.4 Å². The Morgan fingerprint density at radius 2 is 2.11 bits per heavy atom. The number of amides is 1. The second-order valence-corrected chi connectivity index (χ2v) is 8.90. The van der Waals surface area contributed by atoms with Crippen LogP contribution in [0, 0.1) is 35.3 Å². The Labute approximate surface area is 210 Å². The second-order valence-electron chi connectivity index (χ2n) is 8.90. The van der Waals surface area contributed by atoms with Crippen LogP contribution in [0.1, 0.15) is 39.9 Å². The van der Waals surface area contributed by atoms with Gasteiger partial charge in [-0.25, -0.2) is 4.98 Å². The number of hydrogen-bond donors (Lipinski definition) is 0. The highest BCUT2D eigenvalue weighted by molar-refractivity contribution is 5.97. The molecule has 11 nitrogen and oxygen atoms in total. The number of benzene rings is 1. The summed E-state index contributed by atoms with van der Waals surface area (Å²) in [6, 6.07) is 11.2. The zero-order valence-corrected chi connectivity index (χ0v) is 20.2. The predicted molar refractivity (Wildman–Crippen MR) is 133 cm³/mol. The highest BCUT2D eigenvalue weighted by atomic mass is 16.6. The van der Waals surface area contributed by atoms with E-state index in [1.165, 1.54) is 35.6 Å². The molecule has 1 aliphatic rings. The lowest BCUT2D eigenvalue weighted by molar-refractivity contribution is -0.385. The quantitative estimate of drug-likeness (QED) is 0.239. The molecule has 1 aliphatic heterocycles. The van der Waals surface area contributed by atoms with Crippen molar-refractivity contribution < 1.29 is 14.5 Å². The third kappa shape index (κ3) is 4.17. The van der Waals surface area contributed by atoms with Crippen molar-refractivity contribution in [2.75, 3.05) is 6.61 Å². The minimum atomic E-state index is -0.744. The molecule has 4 heterocycles. The molecule has 1 saturated heterocycles. The van der Waals surface area contributed by atoms with Crippen molar-refractivity contribution in [3.63, 3.8) is 0 Å². The molecule has 1 amide bonds. The summed E-state index contributed by atoms with van der Waals surface area (Å²) < 4.78 is 8.82. The monoisotopic (exact) mass is 498 g/mol. The number of nitro benzene ring substituents is 1. The van der Waals surface area contributed by atoms with Crippen molar-refractivity contribution in [1.82, 2.24) is 14.0 Å². The van der Waals surface area contributed by atoms with Gasteiger partial charge in [0.1, 0.15) is 17.4 Å². The van der Waals surface area contributed by atoms with Gasteiger partial charge in [0.2, 0.25) is 0 Å². The minimum Gasteiger partial charge on any atom is -0.376 e. The SMILES string of the molecule is Cc1c(C(=O)N=c2c(C#N)cc3c(=O)n4cccc(C)c4nc3n2CC2CCCO2)cccc1[N+](=O)[O-]. The Kier molecular flexibility index (Phi) is 6.11. The van der Waals surface area contributed by atoms with E-state index in [1.807, 2.05) is 19.1 Å². The first-order valence-electron chi connectivity index (χ1n) is 11.7. The molecule has 11 heteroatoms. The van der Waals surface area contributed by atoms with Crippen molar-refractivity contribution in [3.8, 4) is 6.07 Å². The van der Waals surface area contributed by atoms with Gasteiger partial charge >= 0.3 is 0 Å². The molecule has 186 valence electrons. The summed E-state index contributed by atoms with van der Waals surface area (Å²) in [7, 11) is 0. The fraction of sp³-hybridized carbons (Fsp3) is 0.269. The molecule has 0 aliphatic carbocycles. The van der Waals surface area contributed by atoms with E-state index in [0.717, 1.165) is 18.4 Å².